The molecule has 6 rings (SSSR count). The first-order valence-electron chi connectivity index (χ1n) is 9.81. The maximum atomic E-state index is 6.10. The molecule has 140 valence electrons. The Labute approximate surface area is 167 Å². The number of fused-ring (bicyclic) bond motifs is 3. The molecule has 0 spiro atoms. The van der Waals surface area contributed by atoms with Gasteiger partial charge in [-0.05, 0) is 47.9 Å². The molecule has 0 saturated carbocycles. The van der Waals surface area contributed by atoms with Gasteiger partial charge in [0.05, 0.1) is 17.4 Å². The number of rotatable bonds is 3. The molecule has 3 aromatic carbocycles. The van der Waals surface area contributed by atoms with Crippen molar-refractivity contribution in [2.75, 3.05) is 0 Å². The molecule has 0 amide bonds. The normalized spacial score (nSPS) is 13.2. The van der Waals surface area contributed by atoms with Crippen LogP contribution in [0.4, 0.5) is 5.69 Å². The number of hydrogen-bond acceptors (Lipinski definition) is 4. The van der Waals surface area contributed by atoms with Crippen molar-refractivity contribution in [2.24, 2.45) is 4.99 Å². The van der Waals surface area contributed by atoms with Gasteiger partial charge < -0.3 is 4.42 Å². The van der Waals surface area contributed by atoms with Crippen LogP contribution in [0.3, 0.4) is 0 Å². The van der Waals surface area contributed by atoms with E-state index in [1.807, 2.05) is 35.1 Å². The van der Waals surface area contributed by atoms with E-state index in [1.54, 1.807) is 0 Å². The quantitative estimate of drug-likeness (QED) is 0.414. The molecule has 0 N–H and O–H groups in total. The zero-order chi connectivity index (χ0) is 19.4. The lowest BCUT2D eigenvalue weighted by Gasteiger charge is -2.04. The molecule has 1 aliphatic heterocycles. The minimum atomic E-state index is 0.605. The Kier molecular flexibility index (Phi) is 3.44. The first-order valence-corrected chi connectivity index (χ1v) is 9.81. The van der Waals surface area contributed by atoms with Gasteiger partial charge in [0.2, 0.25) is 5.89 Å². The molecule has 0 bridgehead atoms. The van der Waals surface area contributed by atoms with Crippen LogP contribution in [0.2, 0.25) is 0 Å². The molecule has 0 aliphatic carbocycles. The van der Waals surface area contributed by atoms with Gasteiger partial charge in [0, 0.05) is 18.4 Å². The van der Waals surface area contributed by atoms with Gasteiger partial charge in [-0.15, -0.1) is 0 Å². The van der Waals surface area contributed by atoms with E-state index in [4.69, 9.17) is 9.41 Å². The summed E-state index contributed by atoms with van der Waals surface area (Å²) in [7, 11) is 0. The van der Waals surface area contributed by atoms with Gasteiger partial charge >= 0.3 is 0 Å². The lowest BCUT2D eigenvalue weighted by molar-refractivity contribution is 0.589. The molecule has 5 heteroatoms. The lowest BCUT2D eigenvalue weighted by atomic mass is 10.0. The van der Waals surface area contributed by atoms with Gasteiger partial charge in [0.1, 0.15) is 11.2 Å². The average molecular weight is 378 g/mol. The fraction of sp³-hybridized carbons (Fsp3) is 0.125. The Morgan fingerprint density at radius 1 is 1.00 bits per heavy atom. The summed E-state index contributed by atoms with van der Waals surface area (Å²) in [5.74, 6) is 0.605. The summed E-state index contributed by atoms with van der Waals surface area (Å²) in [6.45, 7) is 2.95. The summed E-state index contributed by atoms with van der Waals surface area (Å²) >= 11 is 0. The summed E-state index contributed by atoms with van der Waals surface area (Å²) in [4.78, 5) is 9.37. The molecule has 0 fully saturated rings. The van der Waals surface area contributed by atoms with Crippen molar-refractivity contribution in [3.8, 4) is 11.1 Å². The molecule has 0 atom stereocenters. The second-order valence-electron chi connectivity index (χ2n) is 7.30. The van der Waals surface area contributed by atoms with Crippen LogP contribution in [0.15, 0.2) is 76.3 Å². The van der Waals surface area contributed by atoms with Crippen LogP contribution in [0.1, 0.15) is 18.4 Å². The second-order valence-corrected chi connectivity index (χ2v) is 7.30. The summed E-state index contributed by atoms with van der Waals surface area (Å²) in [5, 5.41) is 5.59. The molecule has 29 heavy (non-hydrogen) atoms. The number of oxazole rings is 1. The van der Waals surface area contributed by atoms with Crippen LogP contribution < -0.4 is 0 Å². The van der Waals surface area contributed by atoms with Gasteiger partial charge in [-0.2, -0.15) is 5.10 Å². The van der Waals surface area contributed by atoms with E-state index in [2.05, 4.69) is 53.4 Å². The summed E-state index contributed by atoms with van der Waals surface area (Å²) in [5.41, 5.74) is 8.11. The van der Waals surface area contributed by atoms with Gasteiger partial charge in [-0.3, -0.25) is 4.68 Å². The third kappa shape index (κ3) is 2.58. The van der Waals surface area contributed by atoms with Crippen molar-refractivity contribution in [1.82, 2.24) is 14.8 Å². The highest BCUT2D eigenvalue weighted by Crippen LogP contribution is 2.31. The summed E-state index contributed by atoms with van der Waals surface area (Å²) in [6.07, 6.45) is 2.67. The number of para-hydroxylation sites is 1. The van der Waals surface area contributed by atoms with Crippen LogP contribution in [-0.2, 0) is 13.0 Å². The number of aryl methyl sites for hydroxylation is 1. The smallest absolute Gasteiger partial charge is 0.242 e. The molecule has 3 heterocycles. The van der Waals surface area contributed by atoms with Crippen molar-refractivity contribution in [2.45, 2.75) is 19.9 Å². The highest BCUT2D eigenvalue weighted by molar-refractivity contribution is 6.04. The molecule has 5 nitrogen and oxygen atoms in total. The third-order valence-corrected chi connectivity index (χ3v) is 5.52. The minimum absolute atomic E-state index is 0.605. The van der Waals surface area contributed by atoms with Crippen LogP contribution in [-0.4, -0.2) is 20.5 Å². The van der Waals surface area contributed by atoms with Gasteiger partial charge in [0.15, 0.2) is 5.58 Å². The van der Waals surface area contributed by atoms with Crippen LogP contribution in [0.25, 0.3) is 33.1 Å². The maximum Gasteiger partial charge on any atom is 0.242 e. The Bertz CT molecular complexity index is 1420. The molecular weight excluding hydrogens is 360 g/mol. The predicted octanol–water partition coefficient (Wildman–Crippen LogP) is 5.54. The molecule has 0 radical (unpaired) electrons. The monoisotopic (exact) mass is 378 g/mol. The Morgan fingerprint density at radius 2 is 1.86 bits per heavy atom. The topological polar surface area (TPSA) is 56.2 Å². The number of benzene rings is 3. The Balaban J connectivity index is 1.40. The van der Waals surface area contributed by atoms with E-state index in [9.17, 15) is 0 Å². The van der Waals surface area contributed by atoms with Crippen molar-refractivity contribution in [3.63, 3.8) is 0 Å². The van der Waals surface area contributed by atoms with Gasteiger partial charge in [-0.1, -0.05) is 36.4 Å². The average Bonchev–Trinajstić information content (AvgIpc) is 3.47. The number of aliphatic imine (C=N–C) groups is 1. The number of aromatic nitrogens is 3. The standard InChI is InChI=1S/C24H18N4O/c1-2-28-22-12-15(7-8-18(22)14-25-28)16-9-10-20-23(13-16)29-24(27-20)21-11-17-5-3-4-6-19(17)26-21/h3-10,12-14H,2,11H2,1H3. The molecular formula is C24H18N4O. The van der Waals surface area contributed by atoms with Crippen LogP contribution in [0, 0.1) is 0 Å². The van der Waals surface area contributed by atoms with E-state index in [0.29, 0.717) is 5.89 Å². The summed E-state index contributed by atoms with van der Waals surface area (Å²) < 4.78 is 8.12. The van der Waals surface area contributed by atoms with Gasteiger partial charge in [0.25, 0.3) is 0 Å². The zero-order valence-corrected chi connectivity index (χ0v) is 16.0. The lowest BCUT2D eigenvalue weighted by Crippen LogP contribution is -2.00. The number of nitrogens with zero attached hydrogens (tertiary/aromatic N) is 4. The van der Waals surface area contributed by atoms with Crippen LogP contribution >= 0.6 is 0 Å². The first-order chi connectivity index (χ1) is 14.3. The second kappa shape index (κ2) is 6.14. The van der Waals surface area contributed by atoms with E-state index in [0.717, 1.165) is 57.5 Å². The summed E-state index contributed by atoms with van der Waals surface area (Å²) in [6, 6.07) is 20.8. The van der Waals surface area contributed by atoms with Crippen LogP contribution in [0.5, 0.6) is 0 Å². The fourth-order valence-electron chi connectivity index (χ4n) is 3.99. The highest BCUT2D eigenvalue weighted by atomic mass is 16.3. The largest absolute Gasteiger partial charge is 0.435 e. The van der Waals surface area contributed by atoms with Crippen molar-refractivity contribution in [1.29, 1.82) is 0 Å². The van der Waals surface area contributed by atoms with E-state index in [-0.39, 0.29) is 0 Å². The van der Waals surface area contributed by atoms with Crippen molar-refractivity contribution < 1.29 is 4.42 Å². The molecule has 1 aliphatic rings. The van der Waals surface area contributed by atoms with Crippen molar-refractivity contribution >= 4 is 33.4 Å². The molecule has 5 aromatic rings. The predicted molar refractivity (Wildman–Crippen MR) is 115 cm³/mol. The van der Waals surface area contributed by atoms with E-state index in [1.165, 1.54) is 5.56 Å². The van der Waals surface area contributed by atoms with E-state index < -0.39 is 0 Å². The third-order valence-electron chi connectivity index (χ3n) is 5.52. The fourth-order valence-corrected chi connectivity index (χ4v) is 3.99. The van der Waals surface area contributed by atoms with E-state index >= 15 is 0 Å². The van der Waals surface area contributed by atoms with Gasteiger partial charge in [-0.25, -0.2) is 9.98 Å². The molecule has 0 saturated heterocycles. The maximum absolute atomic E-state index is 6.10. The first kappa shape index (κ1) is 16.2. The van der Waals surface area contributed by atoms with Crippen molar-refractivity contribution in [3.05, 3.63) is 78.3 Å². The Morgan fingerprint density at radius 3 is 2.76 bits per heavy atom. The number of hydrogen-bond donors (Lipinski definition) is 0. The minimum Gasteiger partial charge on any atom is -0.435 e. The molecule has 0 unspecified atom stereocenters. The SMILES string of the molecule is CCn1ncc2ccc(-c3ccc4nc(C5=Nc6ccccc6C5)oc4c3)cc21. The zero-order valence-electron chi connectivity index (χ0n) is 16.0. The molecule has 2 aromatic heterocycles. The Hall–Kier alpha value is -3.73. The highest BCUT2D eigenvalue weighted by Gasteiger charge is 2.20.